The Labute approximate surface area is 218 Å². The normalized spacial score (nSPS) is 16.3. The van der Waals surface area contributed by atoms with Crippen LogP contribution in [0.2, 0.25) is 0 Å². The number of methoxy groups -OCH3 is 1. The lowest BCUT2D eigenvalue weighted by Gasteiger charge is -2.31. The third-order valence-corrected chi connectivity index (χ3v) is 7.21. The van der Waals surface area contributed by atoms with Crippen LogP contribution in [0.15, 0.2) is 42.5 Å². The van der Waals surface area contributed by atoms with E-state index in [1.807, 2.05) is 29.4 Å². The van der Waals surface area contributed by atoms with Crippen molar-refractivity contribution in [3.05, 3.63) is 48.0 Å². The molecule has 1 fully saturated rings. The molecular weight excluding hydrogens is 476 g/mol. The standard InChI is InChI=1S/C27H38N4O4S/c1-28-16-26(33)31-14-7-11-22(31)18-30(17-21-10-6-9-20-8-4-5-12-23(20)21)19-25(32)29-24(13-15-36-3)27(34)35-2/h4-6,8-10,12,22,24,28H,7,11,13-19H2,1-3H3,(H,29,32)/t22?,24-/m0/s1. The van der Waals surface area contributed by atoms with Gasteiger partial charge in [0.2, 0.25) is 11.8 Å². The second-order valence-electron chi connectivity index (χ2n) is 9.15. The number of thioether (sulfide) groups is 1. The summed E-state index contributed by atoms with van der Waals surface area (Å²) in [6.07, 6.45) is 4.33. The minimum atomic E-state index is -0.672. The van der Waals surface area contributed by atoms with E-state index in [0.29, 0.717) is 26.1 Å². The maximum absolute atomic E-state index is 13.1. The van der Waals surface area contributed by atoms with Crippen LogP contribution in [0.1, 0.15) is 24.8 Å². The molecule has 1 aliphatic rings. The summed E-state index contributed by atoms with van der Waals surface area (Å²) in [4.78, 5) is 42.0. The second-order valence-corrected chi connectivity index (χ2v) is 10.1. The molecule has 2 aromatic rings. The van der Waals surface area contributed by atoms with Gasteiger partial charge in [-0.2, -0.15) is 11.8 Å². The summed E-state index contributed by atoms with van der Waals surface area (Å²) in [7, 11) is 3.11. The number of amides is 2. The summed E-state index contributed by atoms with van der Waals surface area (Å²) < 4.78 is 4.90. The van der Waals surface area contributed by atoms with Crippen LogP contribution in [0.25, 0.3) is 10.8 Å². The van der Waals surface area contributed by atoms with Crippen LogP contribution >= 0.6 is 11.8 Å². The zero-order chi connectivity index (χ0) is 25.9. The van der Waals surface area contributed by atoms with E-state index in [9.17, 15) is 14.4 Å². The minimum Gasteiger partial charge on any atom is -0.467 e. The number of ether oxygens (including phenoxy) is 1. The molecule has 2 amide bonds. The van der Waals surface area contributed by atoms with Crippen LogP contribution in [0.5, 0.6) is 0 Å². The van der Waals surface area contributed by atoms with Gasteiger partial charge in [0.05, 0.1) is 20.2 Å². The van der Waals surface area contributed by atoms with E-state index in [4.69, 9.17) is 4.74 Å². The van der Waals surface area contributed by atoms with Crippen LogP contribution in [-0.2, 0) is 25.7 Å². The number of nitrogens with one attached hydrogen (secondary N) is 2. The first-order valence-electron chi connectivity index (χ1n) is 12.5. The van der Waals surface area contributed by atoms with Crippen molar-refractivity contribution in [3.63, 3.8) is 0 Å². The van der Waals surface area contributed by atoms with Crippen molar-refractivity contribution in [2.45, 2.75) is 37.9 Å². The lowest BCUT2D eigenvalue weighted by Crippen LogP contribution is -2.49. The quantitative estimate of drug-likeness (QED) is 0.396. The highest BCUT2D eigenvalue weighted by Gasteiger charge is 2.31. The molecule has 0 saturated carbocycles. The second kappa shape index (κ2) is 14.2. The molecule has 196 valence electrons. The first-order valence-corrected chi connectivity index (χ1v) is 13.8. The van der Waals surface area contributed by atoms with Crippen molar-refractivity contribution < 1.29 is 19.1 Å². The molecule has 0 aromatic heterocycles. The maximum atomic E-state index is 13.1. The Morgan fingerprint density at radius 1 is 1.19 bits per heavy atom. The highest BCUT2D eigenvalue weighted by Crippen LogP contribution is 2.23. The number of carbonyl (C=O) groups is 3. The molecule has 2 atom stereocenters. The van der Waals surface area contributed by atoms with E-state index in [2.05, 4.69) is 39.8 Å². The Balaban J connectivity index is 1.79. The van der Waals surface area contributed by atoms with E-state index in [1.54, 1.807) is 18.8 Å². The van der Waals surface area contributed by atoms with Crippen LogP contribution in [0.4, 0.5) is 0 Å². The van der Waals surface area contributed by atoms with Gasteiger partial charge in [0.15, 0.2) is 0 Å². The predicted octanol–water partition coefficient (Wildman–Crippen LogP) is 2.26. The maximum Gasteiger partial charge on any atom is 0.328 e. The van der Waals surface area contributed by atoms with Crippen LogP contribution < -0.4 is 10.6 Å². The summed E-state index contributed by atoms with van der Waals surface area (Å²) >= 11 is 1.62. The smallest absolute Gasteiger partial charge is 0.328 e. The van der Waals surface area contributed by atoms with Crippen LogP contribution in [-0.4, -0.2) is 92.0 Å². The summed E-state index contributed by atoms with van der Waals surface area (Å²) in [5.74, 6) is 0.164. The van der Waals surface area contributed by atoms with Gasteiger partial charge >= 0.3 is 5.97 Å². The topological polar surface area (TPSA) is 91.0 Å². The summed E-state index contributed by atoms with van der Waals surface area (Å²) in [5.41, 5.74) is 1.12. The van der Waals surface area contributed by atoms with Gasteiger partial charge in [-0.3, -0.25) is 14.5 Å². The Morgan fingerprint density at radius 2 is 1.97 bits per heavy atom. The molecule has 1 heterocycles. The van der Waals surface area contributed by atoms with Crippen molar-refractivity contribution >= 4 is 40.3 Å². The Morgan fingerprint density at radius 3 is 2.72 bits per heavy atom. The lowest BCUT2D eigenvalue weighted by atomic mass is 10.0. The fourth-order valence-electron chi connectivity index (χ4n) is 4.83. The zero-order valence-corrected chi connectivity index (χ0v) is 22.3. The highest BCUT2D eigenvalue weighted by molar-refractivity contribution is 7.98. The molecule has 36 heavy (non-hydrogen) atoms. The molecule has 0 bridgehead atoms. The van der Waals surface area contributed by atoms with Gasteiger partial charge in [0.25, 0.3) is 0 Å². The van der Waals surface area contributed by atoms with Gasteiger partial charge in [-0.1, -0.05) is 42.5 Å². The molecule has 1 saturated heterocycles. The number of likely N-dealkylation sites (N-methyl/N-ethyl adjacent to an activating group) is 1. The van der Waals surface area contributed by atoms with E-state index in [0.717, 1.165) is 41.5 Å². The number of hydrogen-bond donors (Lipinski definition) is 2. The molecular formula is C27H38N4O4S. The average molecular weight is 515 g/mol. The summed E-state index contributed by atoms with van der Waals surface area (Å²) in [6, 6.07) is 13.8. The van der Waals surface area contributed by atoms with E-state index < -0.39 is 12.0 Å². The Bertz CT molecular complexity index is 1030. The van der Waals surface area contributed by atoms with Crippen LogP contribution in [0.3, 0.4) is 0 Å². The number of benzene rings is 2. The third-order valence-electron chi connectivity index (χ3n) is 6.57. The van der Waals surface area contributed by atoms with Crippen molar-refractivity contribution in [1.29, 1.82) is 0 Å². The number of hydrogen-bond acceptors (Lipinski definition) is 7. The van der Waals surface area contributed by atoms with Gasteiger partial charge in [-0.15, -0.1) is 0 Å². The number of esters is 1. The third kappa shape index (κ3) is 7.69. The molecule has 1 aliphatic heterocycles. The van der Waals surface area contributed by atoms with E-state index in [-0.39, 0.29) is 24.4 Å². The number of carbonyl (C=O) groups excluding carboxylic acids is 3. The van der Waals surface area contributed by atoms with Gasteiger partial charge in [-0.25, -0.2) is 4.79 Å². The van der Waals surface area contributed by atoms with Crippen molar-refractivity contribution in [2.75, 3.05) is 52.3 Å². The first kappa shape index (κ1) is 28.0. The van der Waals surface area contributed by atoms with Gasteiger partial charge < -0.3 is 20.3 Å². The fraction of sp³-hybridized carbons (Fsp3) is 0.519. The van der Waals surface area contributed by atoms with Crippen molar-refractivity contribution in [2.24, 2.45) is 0 Å². The van der Waals surface area contributed by atoms with Gasteiger partial charge in [0, 0.05) is 25.7 Å². The zero-order valence-electron chi connectivity index (χ0n) is 21.5. The molecule has 9 heteroatoms. The minimum absolute atomic E-state index is 0.0431. The monoisotopic (exact) mass is 514 g/mol. The molecule has 1 unspecified atom stereocenters. The number of fused-ring (bicyclic) bond motifs is 1. The predicted molar refractivity (Wildman–Crippen MR) is 145 cm³/mol. The molecule has 0 radical (unpaired) electrons. The first-order chi connectivity index (χ1) is 17.5. The van der Waals surface area contributed by atoms with Crippen molar-refractivity contribution in [3.8, 4) is 0 Å². The number of rotatable bonds is 13. The molecule has 0 spiro atoms. The van der Waals surface area contributed by atoms with E-state index >= 15 is 0 Å². The molecule has 3 rings (SSSR count). The molecule has 8 nitrogen and oxygen atoms in total. The Kier molecular flexibility index (Phi) is 11.0. The molecule has 2 N–H and O–H groups in total. The fourth-order valence-corrected chi connectivity index (χ4v) is 5.30. The highest BCUT2D eigenvalue weighted by atomic mass is 32.2. The number of nitrogens with zero attached hydrogens (tertiary/aromatic N) is 2. The Hall–Kier alpha value is -2.62. The number of likely N-dealkylation sites (tertiary alicyclic amines) is 1. The SMILES string of the molecule is CNCC(=O)N1CCCC1CN(CC(=O)N[C@@H](CCSC)C(=O)OC)Cc1cccc2ccccc12. The summed E-state index contributed by atoms with van der Waals surface area (Å²) in [6.45, 7) is 2.31. The van der Waals surface area contributed by atoms with E-state index in [1.165, 1.54) is 7.11 Å². The summed E-state index contributed by atoms with van der Waals surface area (Å²) in [5, 5.41) is 8.12. The van der Waals surface area contributed by atoms with Crippen molar-refractivity contribution in [1.82, 2.24) is 20.4 Å². The lowest BCUT2D eigenvalue weighted by molar-refractivity contribution is -0.145. The molecule has 0 aliphatic carbocycles. The van der Waals surface area contributed by atoms with Gasteiger partial charge in [-0.05, 0) is 54.7 Å². The van der Waals surface area contributed by atoms with Gasteiger partial charge in [0.1, 0.15) is 6.04 Å². The van der Waals surface area contributed by atoms with Crippen LogP contribution in [0, 0.1) is 0 Å². The average Bonchev–Trinajstić information content (AvgIpc) is 3.34. The largest absolute Gasteiger partial charge is 0.467 e. The molecule has 2 aromatic carbocycles.